The van der Waals surface area contributed by atoms with Crippen LogP contribution in [0.3, 0.4) is 0 Å². The maximum absolute atomic E-state index is 11.9. The van der Waals surface area contributed by atoms with Gasteiger partial charge in [0.1, 0.15) is 6.54 Å². The minimum atomic E-state index is -0.664. The van der Waals surface area contributed by atoms with Crippen LogP contribution < -0.4 is 11.1 Å². The van der Waals surface area contributed by atoms with E-state index < -0.39 is 5.76 Å². The summed E-state index contributed by atoms with van der Waals surface area (Å²) in [5.74, 6) is -0.794. The summed E-state index contributed by atoms with van der Waals surface area (Å²) in [7, 11) is 0. The molecule has 0 atom stereocenters. The Kier molecular flexibility index (Phi) is 4.28. The van der Waals surface area contributed by atoms with Crippen molar-refractivity contribution >= 4 is 5.91 Å². The van der Waals surface area contributed by atoms with Crippen molar-refractivity contribution in [2.75, 3.05) is 0 Å². The summed E-state index contributed by atoms with van der Waals surface area (Å²) < 4.78 is 6.08. The van der Waals surface area contributed by atoms with Gasteiger partial charge in [-0.1, -0.05) is 18.2 Å². The number of benzene rings is 1. The fraction of sp³-hybridized carbons (Fsp3) is 0.125. The summed E-state index contributed by atoms with van der Waals surface area (Å²) in [6, 6.07) is 12.6. The molecule has 3 rings (SSSR count). The van der Waals surface area contributed by atoms with Crippen molar-refractivity contribution in [2.24, 2.45) is 0 Å². The minimum Gasteiger partial charge on any atom is -0.388 e. The molecule has 1 aromatic carbocycles. The van der Waals surface area contributed by atoms with E-state index >= 15 is 0 Å². The predicted molar refractivity (Wildman–Crippen MR) is 82.3 cm³/mol. The number of rotatable bonds is 5. The topological polar surface area (TPSA) is 90.0 Å². The molecule has 0 bridgehead atoms. The zero-order valence-electron chi connectivity index (χ0n) is 12.2. The number of aromatic nitrogens is 3. The molecule has 1 N–H and O–H groups in total. The van der Waals surface area contributed by atoms with E-state index in [0.29, 0.717) is 12.1 Å². The van der Waals surface area contributed by atoms with Crippen LogP contribution in [0, 0.1) is 0 Å². The van der Waals surface area contributed by atoms with Crippen LogP contribution in [-0.4, -0.2) is 20.7 Å². The first-order valence-electron chi connectivity index (χ1n) is 7.01. The standard InChI is InChI=1S/C16H14N4O3/c21-14(18-10-12-6-8-17-9-7-12)11-20-16(22)23-15(19-20)13-4-2-1-3-5-13/h1-9H,10-11H2,(H,18,21). The monoisotopic (exact) mass is 310 g/mol. The Hall–Kier alpha value is -3.22. The second-order valence-electron chi connectivity index (χ2n) is 4.83. The Bertz CT molecular complexity index is 841. The van der Waals surface area contributed by atoms with Crippen LogP contribution in [0.4, 0.5) is 0 Å². The van der Waals surface area contributed by atoms with Crippen LogP contribution in [-0.2, 0) is 17.9 Å². The summed E-state index contributed by atoms with van der Waals surface area (Å²) in [5, 5.41) is 6.76. The lowest BCUT2D eigenvalue weighted by atomic mass is 10.2. The van der Waals surface area contributed by atoms with E-state index in [1.54, 1.807) is 36.7 Å². The third-order valence-corrected chi connectivity index (χ3v) is 3.16. The first-order chi connectivity index (χ1) is 11.2. The maximum atomic E-state index is 11.9. The molecule has 23 heavy (non-hydrogen) atoms. The Morgan fingerprint density at radius 1 is 1.13 bits per heavy atom. The van der Waals surface area contributed by atoms with Crippen molar-refractivity contribution in [1.29, 1.82) is 0 Å². The van der Waals surface area contributed by atoms with Gasteiger partial charge >= 0.3 is 5.76 Å². The lowest BCUT2D eigenvalue weighted by Crippen LogP contribution is -2.31. The van der Waals surface area contributed by atoms with Gasteiger partial charge in [0.15, 0.2) is 0 Å². The highest BCUT2D eigenvalue weighted by Gasteiger charge is 2.12. The molecule has 1 amide bonds. The third-order valence-electron chi connectivity index (χ3n) is 3.16. The number of nitrogens with zero attached hydrogens (tertiary/aromatic N) is 3. The van der Waals surface area contributed by atoms with E-state index in [2.05, 4.69) is 15.4 Å². The van der Waals surface area contributed by atoms with Gasteiger partial charge in [0, 0.05) is 24.5 Å². The van der Waals surface area contributed by atoms with Crippen LogP contribution in [0.5, 0.6) is 0 Å². The molecule has 7 nitrogen and oxygen atoms in total. The normalized spacial score (nSPS) is 10.4. The molecule has 0 fully saturated rings. The molecular formula is C16H14N4O3. The van der Waals surface area contributed by atoms with Gasteiger partial charge in [0.05, 0.1) is 0 Å². The van der Waals surface area contributed by atoms with Crippen molar-refractivity contribution in [3.05, 3.63) is 71.0 Å². The molecule has 0 aliphatic heterocycles. The van der Waals surface area contributed by atoms with Crippen molar-refractivity contribution in [1.82, 2.24) is 20.1 Å². The molecule has 2 aromatic heterocycles. The van der Waals surface area contributed by atoms with Crippen LogP contribution in [0.25, 0.3) is 11.5 Å². The summed E-state index contributed by atoms with van der Waals surface area (Å²) in [4.78, 5) is 27.6. The zero-order chi connectivity index (χ0) is 16.1. The van der Waals surface area contributed by atoms with Crippen LogP contribution >= 0.6 is 0 Å². The van der Waals surface area contributed by atoms with E-state index in [-0.39, 0.29) is 18.3 Å². The maximum Gasteiger partial charge on any atom is 0.437 e. The Balaban J connectivity index is 1.65. The summed E-state index contributed by atoms with van der Waals surface area (Å²) in [5.41, 5.74) is 1.60. The molecular weight excluding hydrogens is 296 g/mol. The quantitative estimate of drug-likeness (QED) is 0.765. The second-order valence-corrected chi connectivity index (χ2v) is 4.83. The molecule has 3 aromatic rings. The van der Waals surface area contributed by atoms with E-state index in [0.717, 1.165) is 10.2 Å². The number of carbonyl (C=O) groups is 1. The summed E-state index contributed by atoms with van der Waals surface area (Å²) in [6.45, 7) is 0.166. The van der Waals surface area contributed by atoms with Gasteiger partial charge in [-0.15, -0.1) is 5.10 Å². The fourth-order valence-electron chi connectivity index (χ4n) is 2.00. The van der Waals surface area contributed by atoms with E-state index in [4.69, 9.17) is 4.42 Å². The molecule has 0 radical (unpaired) electrons. The lowest BCUT2D eigenvalue weighted by molar-refractivity contribution is -0.122. The van der Waals surface area contributed by atoms with Crippen molar-refractivity contribution in [2.45, 2.75) is 13.1 Å². The highest BCUT2D eigenvalue weighted by atomic mass is 16.4. The van der Waals surface area contributed by atoms with Crippen LogP contribution in [0.1, 0.15) is 5.56 Å². The molecule has 7 heteroatoms. The molecule has 2 heterocycles. The first kappa shape index (κ1) is 14.7. The van der Waals surface area contributed by atoms with Gasteiger partial charge in [-0.3, -0.25) is 9.78 Å². The van der Waals surface area contributed by atoms with E-state index in [9.17, 15) is 9.59 Å². The average molecular weight is 310 g/mol. The Labute approximate surface area is 131 Å². The fourth-order valence-corrected chi connectivity index (χ4v) is 2.00. The van der Waals surface area contributed by atoms with Gasteiger partial charge in [-0.2, -0.15) is 4.68 Å². The highest BCUT2D eigenvalue weighted by Crippen LogP contribution is 2.13. The molecule has 0 saturated heterocycles. The first-order valence-corrected chi connectivity index (χ1v) is 7.01. The third kappa shape index (κ3) is 3.70. The predicted octanol–water partition coefficient (Wildman–Crippen LogP) is 1.21. The largest absolute Gasteiger partial charge is 0.437 e. The van der Waals surface area contributed by atoms with Gasteiger partial charge < -0.3 is 9.73 Å². The number of hydrogen-bond donors (Lipinski definition) is 1. The zero-order valence-corrected chi connectivity index (χ0v) is 12.2. The minimum absolute atomic E-state index is 0.192. The van der Waals surface area contributed by atoms with Crippen molar-refractivity contribution in [3.8, 4) is 11.5 Å². The average Bonchev–Trinajstić information content (AvgIpc) is 2.95. The molecule has 0 aliphatic rings. The number of hydrogen-bond acceptors (Lipinski definition) is 5. The van der Waals surface area contributed by atoms with E-state index in [1.807, 2.05) is 18.2 Å². The number of pyridine rings is 1. The van der Waals surface area contributed by atoms with Gasteiger partial charge in [-0.05, 0) is 29.8 Å². The Morgan fingerprint density at radius 2 is 1.87 bits per heavy atom. The molecule has 0 aliphatic carbocycles. The van der Waals surface area contributed by atoms with Gasteiger partial charge in [0.2, 0.25) is 11.8 Å². The van der Waals surface area contributed by atoms with E-state index in [1.165, 1.54) is 0 Å². The summed E-state index contributed by atoms with van der Waals surface area (Å²) in [6.07, 6.45) is 3.30. The molecule has 0 unspecified atom stereocenters. The van der Waals surface area contributed by atoms with Gasteiger partial charge in [0.25, 0.3) is 0 Å². The summed E-state index contributed by atoms with van der Waals surface area (Å²) >= 11 is 0. The SMILES string of the molecule is O=C(Cn1nc(-c2ccccc2)oc1=O)NCc1ccncc1. The molecule has 116 valence electrons. The highest BCUT2D eigenvalue weighted by molar-refractivity contribution is 5.75. The van der Waals surface area contributed by atoms with Crippen LogP contribution in [0.2, 0.25) is 0 Å². The van der Waals surface area contributed by atoms with Crippen LogP contribution in [0.15, 0.2) is 64.1 Å². The lowest BCUT2D eigenvalue weighted by Gasteiger charge is -2.04. The second kappa shape index (κ2) is 6.69. The van der Waals surface area contributed by atoms with Crippen molar-refractivity contribution < 1.29 is 9.21 Å². The van der Waals surface area contributed by atoms with Gasteiger partial charge in [-0.25, -0.2) is 4.79 Å². The molecule has 0 saturated carbocycles. The number of nitrogens with one attached hydrogen (secondary N) is 1. The smallest absolute Gasteiger partial charge is 0.388 e. The molecule has 0 spiro atoms. The van der Waals surface area contributed by atoms with Crippen molar-refractivity contribution in [3.63, 3.8) is 0 Å². The number of carbonyl (C=O) groups excluding carboxylic acids is 1. The Morgan fingerprint density at radius 3 is 2.61 bits per heavy atom. The number of amides is 1.